The summed E-state index contributed by atoms with van der Waals surface area (Å²) in [4.78, 5) is 146. The van der Waals surface area contributed by atoms with E-state index in [2.05, 4.69) is 42.5 Å². The lowest BCUT2D eigenvalue weighted by Gasteiger charge is -2.27. The summed E-state index contributed by atoms with van der Waals surface area (Å²) in [7, 11) is 0. The van der Waals surface area contributed by atoms with Crippen LogP contribution in [-0.4, -0.2) is 153 Å². The second-order valence-corrected chi connectivity index (χ2v) is 19.6. The van der Waals surface area contributed by atoms with Crippen molar-refractivity contribution in [1.82, 2.24) is 42.5 Å². The van der Waals surface area contributed by atoms with Gasteiger partial charge in [-0.25, -0.2) is 4.79 Å². The summed E-state index contributed by atoms with van der Waals surface area (Å²) in [6.45, 7) is 6.55. The van der Waals surface area contributed by atoms with E-state index in [4.69, 9.17) is 17.2 Å². The lowest BCUT2D eigenvalue weighted by molar-refractivity contribution is -0.142. The number of amides is 9. The maximum atomic E-state index is 14.2. The molecule has 0 aliphatic heterocycles. The molecule has 0 fully saturated rings. The number of carboxylic acids is 2. The van der Waals surface area contributed by atoms with Gasteiger partial charge in [0.25, 0.3) is 0 Å². The fourth-order valence-corrected chi connectivity index (χ4v) is 7.85. The third-order valence-corrected chi connectivity index (χ3v) is 12.2. The van der Waals surface area contributed by atoms with Gasteiger partial charge in [-0.3, -0.25) is 47.9 Å². The van der Waals surface area contributed by atoms with Crippen LogP contribution in [0.2, 0.25) is 0 Å². The Balaban J connectivity index is 2.45. The van der Waals surface area contributed by atoms with Crippen LogP contribution in [0.4, 0.5) is 0 Å². The van der Waals surface area contributed by atoms with Crippen LogP contribution in [0.1, 0.15) is 90.2 Å². The summed E-state index contributed by atoms with van der Waals surface area (Å²) in [6, 6.07) is 1.35. The molecule has 0 aliphatic rings. The Morgan fingerprint density at radius 3 is 1.51 bits per heavy atom. The number of thioether (sulfide) groups is 1. The maximum Gasteiger partial charge on any atom is 0.326 e. The molecule has 0 saturated carbocycles. The highest BCUT2D eigenvalue weighted by Gasteiger charge is 2.35. The SMILES string of the molecule is CSCC[C@H](NC(=O)[C@H](CC(N)=O)NC(=O)[C@H](Cc1ccccc1)NC(=O)[C@H](C)NC(=O)[C@H](Cc1ccc(O)cc1)NC(=O)[C@H](CCC(=O)O)NC(=O)[C@H](CC(C)C)NC(=O)[C@H](C)N)C(=O)N[C@@H](CCCCN)C(=O)O. The summed E-state index contributed by atoms with van der Waals surface area (Å²) in [6.07, 6.45) is 0.588. The molecule has 25 nitrogen and oxygen atoms in total. The van der Waals surface area contributed by atoms with E-state index in [9.17, 15) is 68.1 Å². The average molecular weight is 1090 g/mol. The minimum Gasteiger partial charge on any atom is -0.508 e. The van der Waals surface area contributed by atoms with Gasteiger partial charge in [0.15, 0.2) is 0 Å². The van der Waals surface area contributed by atoms with Crippen molar-refractivity contribution in [2.75, 3.05) is 18.6 Å². The number of rotatable bonds is 35. The lowest BCUT2D eigenvalue weighted by Crippen LogP contribution is -2.60. The zero-order valence-electron chi connectivity index (χ0n) is 43.4. The third kappa shape index (κ3) is 24.4. The molecule has 2 aromatic rings. The number of benzene rings is 2. The summed E-state index contributed by atoms with van der Waals surface area (Å²) < 4.78 is 0. The minimum absolute atomic E-state index is 0.0254. The highest BCUT2D eigenvalue weighted by Crippen LogP contribution is 2.14. The van der Waals surface area contributed by atoms with Gasteiger partial charge in [0.1, 0.15) is 54.1 Å². The molecule has 76 heavy (non-hydrogen) atoms. The van der Waals surface area contributed by atoms with E-state index in [0.717, 1.165) is 0 Å². The first-order valence-electron chi connectivity index (χ1n) is 24.8. The molecular weight excluding hydrogens is 1010 g/mol. The van der Waals surface area contributed by atoms with Crippen molar-refractivity contribution in [3.05, 3.63) is 65.7 Å². The number of carbonyl (C=O) groups excluding carboxylic acids is 9. The first-order chi connectivity index (χ1) is 35.8. The van der Waals surface area contributed by atoms with Gasteiger partial charge in [0, 0.05) is 19.3 Å². The van der Waals surface area contributed by atoms with Crippen molar-refractivity contribution in [3.63, 3.8) is 0 Å². The zero-order valence-corrected chi connectivity index (χ0v) is 44.2. The summed E-state index contributed by atoms with van der Waals surface area (Å²) >= 11 is 1.33. The number of phenols is 1. The fourth-order valence-electron chi connectivity index (χ4n) is 7.38. The molecule has 0 heterocycles. The molecule has 2 aromatic carbocycles. The molecule has 26 heteroatoms. The molecule has 0 spiro atoms. The van der Waals surface area contributed by atoms with Crippen LogP contribution in [0.5, 0.6) is 5.75 Å². The molecular formula is C50H75N11O14S. The van der Waals surface area contributed by atoms with Crippen LogP contribution in [0, 0.1) is 5.92 Å². The largest absolute Gasteiger partial charge is 0.508 e. The van der Waals surface area contributed by atoms with Gasteiger partial charge in [0.05, 0.1) is 12.5 Å². The second kappa shape index (κ2) is 33.6. The number of aromatic hydroxyl groups is 1. The number of hydrogen-bond donors (Lipinski definition) is 14. The first-order valence-corrected chi connectivity index (χ1v) is 26.2. The molecule has 9 amide bonds. The molecule has 0 aromatic heterocycles. The van der Waals surface area contributed by atoms with E-state index in [1.165, 1.54) is 49.9 Å². The average Bonchev–Trinajstić information content (AvgIpc) is 3.35. The molecule has 0 unspecified atom stereocenters. The Kier molecular flexibility index (Phi) is 28.6. The number of primary amides is 1. The van der Waals surface area contributed by atoms with Crippen LogP contribution in [-0.2, 0) is 65.6 Å². The predicted octanol–water partition coefficient (Wildman–Crippen LogP) is -1.82. The van der Waals surface area contributed by atoms with Crippen molar-refractivity contribution >= 4 is 76.9 Å². The minimum atomic E-state index is -1.70. The van der Waals surface area contributed by atoms with Crippen molar-refractivity contribution in [1.29, 1.82) is 0 Å². The predicted molar refractivity (Wildman–Crippen MR) is 280 cm³/mol. The lowest BCUT2D eigenvalue weighted by atomic mass is 10.0. The zero-order chi connectivity index (χ0) is 57.1. The molecule has 2 rings (SSSR count). The Bertz CT molecular complexity index is 2290. The van der Waals surface area contributed by atoms with Gasteiger partial charge in [-0.1, -0.05) is 56.3 Å². The highest BCUT2D eigenvalue weighted by atomic mass is 32.2. The van der Waals surface area contributed by atoms with E-state index in [0.29, 0.717) is 36.3 Å². The van der Waals surface area contributed by atoms with E-state index in [-0.39, 0.29) is 43.8 Å². The quantitative estimate of drug-likeness (QED) is 0.0338. The monoisotopic (exact) mass is 1090 g/mol. The number of hydrogen-bond acceptors (Lipinski definition) is 15. The van der Waals surface area contributed by atoms with Gasteiger partial charge in [0.2, 0.25) is 53.2 Å². The highest BCUT2D eigenvalue weighted by molar-refractivity contribution is 7.98. The van der Waals surface area contributed by atoms with Crippen LogP contribution in [0.15, 0.2) is 54.6 Å². The molecule has 9 atom stereocenters. The summed E-state index contributed by atoms with van der Waals surface area (Å²) in [5, 5.41) is 49.2. The fraction of sp³-hybridized carbons (Fsp3) is 0.540. The summed E-state index contributed by atoms with van der Waals surface area (Å²) in [5.74, 6) is -10.8. The van der Waals surface area contributed by atoms with Crippen molar-refractivity contribution in [2.24, 2.45) is 23.1 Å². The van der Waals surface area contributed by atoms with Gasteiger partial charge >= 0.3 is 11.9 Å². The van der Waals surface area contributed by atoms with E-state index in [1.54, 1.807) is 50.4 Å². The molecule has 0 aliphatic carbocycles. The van der Waals surface area contributed by atoms with Crippen LogP contribution >= 0.6 is 11.8 Å². The number of phenolic OH excluding ortho intramolecular Hbond substituents is 1. The number of aliphatic carboxylic acids is 2. The van der Waals surface area contributed by atoms with Gasteiger partial charge < -0.3 is 75.1 Å². The van der Waals surface area contributed by atoms with Gasteiger partial charge in [-0.2, -0.15) is 11.8 Å². The van der Waals surface area contributed by atoms with Crippen LogP contribution in [0.3, 0.4) is 0 Å². The Labute approximate surface area is 445 Å². The Morgan fingerprint density at radius 1 is 0.539 bits per heavy atom. The second-order valence-electron chi connectivity index (χ2n) is 18.6. The van der Waals surface area contributed by atoms with Crippen LogP contribution in [0.25, 0.3) is 0 Å². The van der Waals surface area contributed by atoms with Gasteiger partial charge in [-0.05, 0) is 100 Å². The normalized spacial score (nSPS) is 14.6. The topological polar surface area (TPSA) is 423 Å². The van der Waals surface area contributed by atoms with Crippen molar-refractivity contribution < 1.29 is 68.1 Å². The molecule has 17 N–H and O–H groups in total. The molecule has 0 radical (unpaired) electrons. The molecule has 420 valence electrons. The van der Waals surface area contributed by atoms with E-state index >= 15 is 0 Å². The maximum absolute atomic E-state index is 14.2. The van der Waals surface area contributed by atoms with Gasteiger partial charge in [-0.15, -0.1) is 0 Å². The number of nitrogens with two attached hydrogens (primary N) is 3. The smallest absolute Gasteiger partial charge is 0.326 e. The third-order valence-electron chi connectivity index (χ3n) is 11.6. The number of carboxylic acid groups (broad SMARTS) is 2. The first kappa shape index (κ1) is 64.8. The number of nitrogens with one attached hydrogen (secondary N) is 8. The van der Waals surface area contributed by atoms with E-state index in [1.807, 2.05) is 0 Å². The standard InChI is InChI=1S/C50H75N11O14S/c1-27(2)23-36(58-42(66)28(3)52)47(71)55-33(18-19-41(64)65)44(68)60-37(25-31-14-16-32(62)17-15-31)46(70)54-29(4)43(67)59-38(24-30-11-7-6-8-12-30)48(72)61-39(26-40(53)63)49(73)56-34(20-22-76-5)45(69)57-35(50(74)75)13-9-10-21-51/h6-8,11-12,14-17,27-29,33-39,62H,9-10,13,18-26,51-52H2,1-5H3,(H2,53,63)(H,54,70)(H,55,71)(H,56,73)(H,57,69)(H,58,66)(H,59,67)(H,60,68)(H,61,72)(H,64,65)(H,74,75)/t28-,29-,33-,34-,35-,36-,37-,38-,39-/m0/s1. The van der Waals surface area contributed by atoms with Crippen LogP contribution < -0.4 is 59.7 Å². The summed E-state index contributed by atoms with van der Waals surface area (Å²) in [5.41, 5.74) is 17.7. The Morgan fingerprint density at radius 2 is 1.00 bits per heavy atom. The number of unbranched alkanes of at least 4 members (excludes halogenated alkanes) is 1. The number of carbonyl (C=O) groups is 11. The molecule has 0 bridgehead atoms. The van der Waals surface area contributed by atoms with Crippen molar-refractivity contribution in [3.8, 4) is 5.75 Å². The van der Waals surface area contributed by atoms with Crippen molar-refractivity contribution in [2.45, 2.75) is 146 Å². The van der Waals surface area contributed by atoms with E-state index < -0.39 is 139 Å². The molecule has 0 saturated heterocycles. The Hall–Kier alpha value is -7.32.